The Morgan fingerprint density at radius 1 is 1.17 bits per heavy atom. The summed E-state index contributed by atoms with van der Waals surface area (Å²) < 4.78 is 0. The maximum absolute atomic E-state index is 12.4. The van der Waals surface area contributed by atoms with Crippen molar-refractivity contribution in [2.24, 2.45) is 0 Å². The van der Waals surface area contributed by atoms with Crippen LogP contribution in [0.3, 0.4) is 0 Å². The fourth-order valence-corrected chi connectivity index (χ4v) is 3.63. The van der Waals surface area contributed by atoms with Crippen LogP contribution in [0.25, 0.3) is 0 Å². The zero-order valence-corrected chi connectivity index (χ0v) is 13.9. The van der Waals surface area contributed by atoms with E-state index in [1.807, 2.05) is 11.0 Å². The van der Waals surface area contributed by atoms with Crippen molar-refractivity contribution in [2.45, 2.75) is 51.5 Å². The standard InChI is InChI=1S/C19H26N2O2/c1-14-13-20-10-11-21(14)19(23)9-8-18(22)17-7-6-15-4-2-3-5-16(15)12-17/h6-7,12,14,20H,2-5,8-11,13H2,1H3/t14-/m0/s1. The Morgan fingerprint density at radius 3 is 2.74 bits per heavy atom. The summed E-state index contributed by atoms with van der Waals surface area (Å²) in [5.41, 5.74) is 3.48. The van der Waals surface area contributed by atoms with Gasteiger partial charge in [-0.1, -0.05) is 12.1 Å². The highest BCUT2D eigenvalue weighted by molar-refractivity contribution is 5.98. The second-order valence-electron chi connectivity index (χ2n) is 6.75. The van der Waals surface area contributed by atoms with Crippen molar-refractivity contribution in [1.82, 2.24) is 10.2 Å². The first-order valence-corrected chi connectivity index (χ1v) is 8.80. The minimum absolute atomic E-state index is 0.0921. The first kappa shape index (κ1) is 16.2. The molecule has 0 spiro atoms. The van der Waals surface area contributed by atoms with Gasteiger partial charge in [0.25, 0.3) is 0 Å². The maximum atomic E-state index is 12.4. The third kappa shape index (κ3) is 3.81. The monoisotopic (exact) mass is 314 g/mol. The Balaban J connectivity index is 1.57. The van der Waals surface area contributed by atoms with Crippen molar-refractivity contribution in [3.05, 3.63) is 34.9 Å². The summed E-state index contributed by atoms with van der Waals surface area (Å²) in [4.78, 5) is 26.6. The molecule has 1 saturated heterocycles. The average molecular weight is 314 g/mol. The predicted molar refractivity (Wildman–Crippen MR) is 90.7 cm³/mol. The van der Waals surface area contributed by atoms with Crippen LogP contribution in [0, 0.1) is 0 Å². The van der Waals surface area contributed by atoms with Gasteiger partial charge < -0.3 is 10.2 Å². The zero-order chi connectivity index (χ0) is 16.2. The van der Waals surface area contributed by atoms with Gasteiger partial charge >= 0.3 is 0 Å². The molecule has 1 atom stereocenters. The van der Waals surface area contributed by atoms with E-state index in [1.165, 1.54) is 24.0 Å². The zero-order valence-electron chi connectivity index (χ0n) is 13.9. The van der Waals surface area contributed by atoms with E-state index in [1.54, 1.807) is 0 Å². The number of fused-ring (bicyclic) bond motifs is 1. The number of rotatable bonds is 4. The highest BCUT2D eigenvalue weighted by Gasteiger charge is 2.23. The first-order chi connectivity index (χ1) is 11.1. The van der Waals surface area contributed by atoms with Crippen LogP contribution in [0.2, 0.25) is 0 Å². The van der Waals surface area contributed by atoms with Crippen molar-refractivity contribution in [1.29, 1.82) is 0 Å². The van der Waals surface area contributed by atoms with Crippen molar-refractivity contribution in [2.75, 3.05) is 19.6 Å². The molecule has 0 unspecified atom stereocenters. The number of benzene rings is 1. The second kappa shape index (κ2) is 7.26. The number of hydrogen-bond donors (Lipinski definition) is 1. The molecule has 2 aliphatic rings. The SMILES string of the molecule is C[C@H]1CNCCN1C(=O)CCC(=O)c1ccc2c(c1)CCCC2. The van der Waals surface area contributed by atoms with Gasteiger partial charge in [-0.3, -0.25) is 9.59 Å². The number of Topliss-reactive ketones (excluding diaryl/α,β-unsaturated/α-hetero) is 1. The first-order valence-electron chi connectivity index (χ1n) is 8.80. The molecule has 4 nitrogen and oxygen atoms in total. The van der Waals surface area contributed by atoms with E-state index < -0.39 is 0 Å². The van der Waals surface area contributed by atoms with Crippen LogP contribution in [0.1, 0.15) is 54.1 Å². The molecule has 1 N–H and O–H groups in total. The van der Waals surface area contributed by atoms with Crippen LogP contribution in [0.4, 0.5) is 0 Å². The molecule has 1 aliphatic carbocycles. The summed E-state index contributed by atoms with van der Waals surface area (Å²) in [6.45, 7) is 4.47. The van der Waals surface area contributed by atoms with Gasteiger partial charge in [-0.25, -0.2) is 0 Å². The van der Waals surface area contributed by atoms with Gasteiger partial charge in [-0.2, -0.15) is 0 Å². The minimum atomic E-state index is 0.0921. The van der Waals surface area contributed by atoms with Crippen LogP contribution in [0.15, 0.2) is 18.2 Å². The van der Waals surface area contributed by atoms with Crippen LogP contribution in [0.5, 0.6) is 0 Å². The van der Waals surface area contributed by atoms with Gasteiger partial charge in [0.2, 0.25) is 5.91 Å². The lowest BCUT2D eigenvalue weighted by Gasteiger charge is -2.34. The molecular formula is C19H26N2O2. The highest BCUT2D eigenvalue weighted by atomic mass is 16.2. The number of carbonyl (C=O) groups is 2. The maximum Gasteiger partial charge on any atom is 0.223 e. The molecule has 0 aromatic heterocycles. The minimum Gasteiger partial charge on any atom is -0.337 e. The number of amides is 1. The summed E-state index contributed by atoms with van der Waals surface area (Å²) in [5.74, 6) is 0.194. The Kier molecular flexibility index (Phi) is 5.11. The molecule has 4 heteroatoms. The molecule has 1 aliphatic heterocycles. The number of carbonyl (C=O) groups excluding carboxylic acids is 2. The van der Waals surface area contributed by atoms with Gasteiger partial charge in [0.1, 0.15) is 0 Å². The third-order valence-corrected chi connectivity index (χ3v) is 5.06. The Labute approximate surface area is 138 Å². The molecule has 23 heavy (non-hydrogen) atoms. The largest absolute Gasteiger partial charge is 0.337 e. The summed E-state index contributed by atoms with van der Waals surface area (Å²) in [6.07, 6.45) is 5.30. The Bertz CT molecular complexity index is 597. The smallest absolute Gasteiger partial charge is 0.223 e. The van der Waals surface area contributed by atoms with Crippen molar-refractivity contribution >= 4 is 11.7 Å². The van der Waals surface area contributed by atoms with Crippen LogP contribution < -0.4 is 5.32 Å². The van der Waals surface area contributed by atoms with Crippen molar-refractivity contribution in [3.8, 4) is 0 Å². The number of aryl methyl sites for hydroxylation is 2. The summed E-state index contributed by atoms with van der Waals surface area (Å²) in [6, 6.07) is 6.30. The molecule has 1 fully saturated rings. The van der Waals surface area contributed by atoms with Crippen LogP contribution >= 0.6 is 0 Å². The summed E-state index contributed by atoms with van der Waals surface area (Å²) in [5, 5.41) is 3.28. The molecule has 1 heterocycles. The number of nitrogens with zero attached hydrogens (tertiary/aromatic N) is 1. The lowest BCUT2D eigenvalue weighted by Crippen LogP contribution is -2.52. The fraction of sp³-hybridized carbons (Fsp3) is 0.579. The number of nitrogens with one attached hydrogen (secondary N) is 1. The van der Waals surface area contributed by atoms with E-state index >= 15 is 0 Å². The molecule has 3 rings (SSSR count). The van der Waals surface area contributed by atoms with E-state index in [9.17, 15) is 9.59 Å². The topological polar surface area (TPSA) is 49.4 Å². The van der Waals surface area contributed by atoms with Gasteiger partial charge in [-0.05, 0) is 49.8 Å². The molecule has 124 valence electrons. The number of hydrogen-bond acceptors (Lipinski definition) is 3. The number of piperazine rings is 1. The van der Waals surface area contributed by atoms with E-state index in [-0.39, 0.29) is 17.7 Å². The van der Waals surface area contributed by atoms with Crippen molar-refractivity contribution in [3.63, 3.8) is 0 Å². The van der Waals surface area contributed by atoms with Crippen molar-refractivity contribution < 1.29 is 9.59 Å². The van der Waals surface area contributed by atoms with Gasteiger partial charge in [0, 0.05) is 44.1 Å². The lowest BCUT2D eigenvalue weighted by molar-refractivity contribution is -0.133. The second-order valence-corrected chi connectivity index (χ2v) is 6.75. The molecule has 1 aromatic carbocycles. The Hall–Kier alpha value is -1.68. The third-order valence-electron chi connectivity index (χ3n) is 5.06. The van der Waals surface area contributed by atoms with Crippen LogP contribution in [-0.2, 0) is 17.6 Å². The molecule has 0 bridgehead atoms. The van der Waals surface area contributed by atoms with Gasteiger partial charge in [-0.15, -0.1) is 0 Å². The number of ketones is 1. The van der Waals surface area contributed by atoms with E-state index in [0.717, 1.165) is 38.0 Å². The van der Waals surface area contributed by atoms with E-state index in [2.05, 4.69) is 24.4 Å². The molecule has 1 amide bonds. The van der Waals surface area contributed by atoms with Crippen LogP contribution in [-0.4, -0.2) is 42.3 Å². The average Bonchev–Trinajstić information content (AvgIpc) is 2.59. The molecule has 0 saturated carbocycles. The van der Waals surface area contributed by atoms with Gasteiger partial charge in [0.15, 0.2) is 5.78 Å². The summed E-state index contributed by atoms with van der Waals surface area (Å²) >= 11 is 0. The highest BCUT2D eigenvalue weighted by Crippen LogP contribution is 2.23. The molecule has 0 radical (unpaired) electrons. The van der Waals surface area contributed by atoms with E-state index in [4.69, 9.17) is 0 Å². The lowest BCUT2D eigenvalue weighted by atomic mass is 9.89. The summed E-state index contributed by atoms with van der Waals surface area (Å²) in [7, 11) is 0. The normalized spacial score (nSPS) is 20.9. The quantitative estimate of drug-likeness (QED) is 0.868. The van der Waals surface area contributed by atoms with Gasteiger partial charge in [0.05, 0.1) is 0 Å². The van der Waals surface area contributed by atoms with E-state index in [0.29, 0.717) is 12.8 Å². The Morgan fingerprint density at radius 2 is 1.96 bits per heavy atom. The fourth-order valence-electron chi connectivity index (χ4n) is 3.63. The molecular weight excluding hydrogens is 288 g/mol. The molecule has 1 aromatic rings. The predicted octanol–water partition coefficient (Wildman–Crippen LogP) is 2.35.